The van der Waals surface area contributed by atoms with Gasteiger partial charge in [-0.3, -0.25) is 10.1 Å². The Balaban J connectivity index is 2.03. The second-order valence-electron chi connectivity index (χ2n) is 4.98. The van der Waals surface area contributed by atoms with Gasteiger partial charge in [-0.15, -0.1) is 0 Å². The third kappa shape index (κ3) is 3.53. The van der Waals surface area contributed by atoms with Crippen molar-refractivity contribution in [1.29, 1.82) is 0 Å². The standard InChI is InChI=1S/C12H19N5O3/c1-2-3-13-12-15-7-10(17(19)20)11(16-12)14-6-8-4-9(18)5-8/h7-9,18H,2-6H2,1H3,(H2,13,14,15,16). The SMILES string of the molecule is CCCNc1ncc([N+](=O)[O-])c(NCC2CC(O)C2)n1. The Bertz CT molecular complexity index is 476. The van der Waals surface area contributed by atoms with E-state index in [2.05, 4.69) is 20.6 Å². The van der Waals surface area contributed by atoms with Crippen molar-refractivity contribution in [1.82, 2.24) is 9.97 Å². The van der Waals surface area contributed by atoms with Crippen LogP contribution in [-0.4, -0.2) is 39.2 Å². The van der Waals surface area contributed by atoms with Crippen LogP contribution in [0.4, 0.5) is 17.5 Å². The molecule has 1 aliphatic rings. The zero-order valence-corrected chi connectivity index (χ0v) is 11.4. The van der Waals surface area contributed by atoms with Gasteiger partial charge in [0.15, 0.2) is 0 Å². The second kappa shape index (κ2) is 6.47. The summed E-state index contributed by atoms with van der Waals surface area (Å²) < 4.78 is 0. The number of hydrogen-bond acceptors (Lipinski definition) is 7. The molecule has 1 fully saturated rings. The molecule has 0 aliphatic heterocycles. The lowest BCUT2D eigenvalue weighted by molar-refractivity contribution is -0.384. The fourth-order valence-corrected chi connectivity index (χ4v) is 2.07. The first-order chi connectivity index (χ1) is 9.60. The van der Waals surface area contributed by atoms with Crippen molar-refractivity contribution in [2.75, 3.05) is 23.7 Å². The van der Waals surface area contributed by atoms with Gasteiger partial charge >= 0.3 is 5.69 Å². The molecule has 1 aliphatic carbocycles. The molecule has 20 heavy (non-hydrogen) atoms. The molecule has 1 heterocycles. The fourth-order valence-electron chi connectivity index (χ4n) is 2.07. The third-order valence-electron chi connectivity index (χ3n) is 3.27. The minimum atomic E-state index is -0.498. The van der Waals surface area contributed by atoms with Gasteiger partial charge in [0, 0.05) is 13.1 Å². The van der Waals surface area contributed by atoms with Crippen LogP contribution >= 0.6 is 0 Å². The summed E-state index contributed by atoms with van der Waals surface area (Å²) in [4.78, 5) is 18.5. The van der Waals surface area contributed by atoms with E-state index in [9.17, 15) is 15.2 Å². The minimum absolute atomic E-state index is 0.132. The quantitative estimate of drug-likeness (QED) is 0.511. The van der Waals surface area contributed by atoms with Crippen LogP contribution in [0, 0.1) is 16.0 Å². The number of aromatic nitrogens is 2. The van der Waals surface area contributed by atoms with E-state index >= 15 is 0 Å². The van der Waals surface area contributed by atoms with Crippen molar-refractivity contribution < 1.29 is 10.0 Å². The summed E-state index contributed by atoms with van der Waals surface area (Å²) in [6.45, 7) is 3.30. The first kappa shape index (κ1) is 14.4. The van der Waals surface area contributed by atoms with Gasteiger partial charge in [-0.1, -0.05) is 6.92 Å². The molecule has 0 aromatic carbocycles. The van der Waals surface area contributed by atoms with Gasteiger partial charge in [0.05, 0.1) is 11.0 Å². The highest BCUT2D eigenvalue weighted by molar-refractivity contribution is 5.56. The van der Waals surface area contributed by atoms with Crippen LogP contribution in [0.2, 0.25) is 0 Å². The molecule has 0 bridgehead atoms. The maximum absolute atomic E-state index is 11.0. The molecule has 3 N–H and O–H groups in total. The normalized spacial score (nSPS) is 21.1. The first-order valence-corrected chi connectivity index (χ1v) is 6.77. The van der Waals surface area contributed by atoms with Gasteiger partial charge in [0.2, 0.25) is 11.8 Å². The Morgan fingerprint density at radius 1 is 1.50 bits per heavy atom. The Hall–Kier alpha value is -1.96. The van der Waals surface area contributed by atoms with Gasteiger partial charge in [-0.05, 0) is 25.2 Å². The van der Waals surface area contributed by atoms with Crippen molar-refractivity contribution in [3.63, 3.8) is 0 Å². The number of hydrogen-bond donors (Lipinski definition) is 3. The van der Waals surface area contributed by atoms with E-state index in [1.165, 1.54) is 6.20 Å². The van der Waals surface area contributed by atoms with Crippen LogP contribution in [0.15, 0.2) is 6.20 Å². The van der Waals surface area contributed by atoms with Crippen molar-refractivity contribution in [2.24, 2.45) is 5.92 Å². The van der Waals surface area contributed by atoms with E-state index in [0.29, 0.717) is 25.0 Å². The molecule has 0 radical (unpaired) electrons. The molecule has 1 aromatic rings. The topological polar surface area (TPSA) is 113 Å². The number of nitrogens with zero attached hydrogens (tertiary/aromatic N) is 3. The first-order valence-electron chi connectivity index (χ1n) is 6.77. The number of anilines is 2. The zero-order valence-electron chi connectivity index (χ0n) is 11.4. The number of nitro groups is 1. The van der Waals surface area contributed by atoms with E-state index in [4.69, 9.17) is 0 Å². The fraction of sp³-hybridized carbons (Fsp3) is 0.667. The maximum atomic E-state index is 11.0. The highest BCUT2D eigenvalue weighted by Crippen LogP contribution is 2.29. The van der Waals surface area contributed by atoms with Crippen LogP contribution in [0.3, 0.4) is 0 Å². The molecule has 110 valence electrons. The number of aliphatic hydroxyl groups excluding tert-OH is 1. The summed E-state index contributed by atoms with van der Waals surface area (Å²) in [5.74, 6) is 0.949. The molecule has 1 saturated carbocycles. The molecular formula is C12H19N5O3. The third-order valence-corrected chi connectivity index (χ3v) is 3.27. The Labute approximate surface area is 116 Å². The lowest BCUT2D eigenvalue weighted by atomic mass is 9.82. The van der Waals surface area contributed by atoms with Crippen LogP contribution < -0.4 is 10.6 Å². The van der Waals surface area contributed by atoms with Crippen LogP contribution in [0.1, 0.15) is 26.2 Å². The zero-order chi connectivity index (χ0) is 14.5. The molecular weight excluding hydrogens is 262 g/mol. The van der Waals surface area contributed by atoms with Crippen LogP contribution in [0.25, 0.3) is 0 Å². The maximum Gasteiger partial charge on any atom is 0.329 e. The van der Waals surface area contributed by atoms with Gasteiger partial charge in [0.1, 0.15) is 6.20 Å². The molecule has 1 aromatic heterocycles. The average Bonchev–Trinajstić information content (AvgIpc) is 2.39. The Kier molecular flexibility index (Phi) is 4.67. The van der Waals surface area contributed by atoms with E-state index < -0.39 is 4.92 Å². The average molecular weight is 281 g/mol. The van der Waals surface area contributed by atoms with E-state index in [-0.39, 0.29) is 17.6 Å². The summed E-state index contributed by atoms with van der Waals surface area (Å²) in [6.07, 6.45) is 3.36. The Morgan fingerprint density at radius 3 is 2.85 bits per heavy atom. The second-order valence-corrected chi connectivity index (χ2v) is 4.98. The van der Waals surface area contributed by atoms with Crippen LogP contribution in [-0.2, 0) is 0 Å². The molecule has 0 atom stereocenters. The lowest BCUT2D eigenvalue weighted by Gasteiger charge is -2.31. The van der Waals surface area contributed by atoms with Gasteiger partial charge in [-0.2, -0.15) is 4.98 Å². The molecule has 0 amide bonds. The van der Waals surface area contributed by atoms with Gasteiger partial charge in [0.25, 0.3) is 0 Å². The molecule has 0 unspecified atom stereocenters. The largest absolute Gasteiger partial charge is 0.393 e. The summed E-state index contributed by atoms with van der Waals surface area (Å²) in [5.41, 5.74) is -0.132. The Morgan fingerprint density at radius 2 is 2.25 bits per heavy atom. The predicted molar refractivity (Wildman–Crippen MR) is 74.7 cm³/mol. The van der Waals surface area contributed by atoms with E-state index in [0.717, 1.165) is 19.3 Å². The molecule has 2 rings (SSSR count). The molecule has 0 spiro atoms. The van der Waals surface area contributed by atoms with Gasteiger partial charge in [-0.25, -0.2) is 4.98 Å². The van der Waals surface area contributed by atoms with Crippen molar-refractivity contribution in [3.05, 3.63) is 16.3 Å². The minimum Gasteiger partial charge on any atom is -0.393 e. The molecule has 0 saturated heterocycles. The predicted octanol–water partition coefficient (Wildman–Crippen LogP) is 1.39. The smallest absolute Gasteiger partial charge is 0.329 e. The number of nitrogens with one attached hydrogen (secondary N) is 2. The summed E-state index contributed by atoms with van der Waals surface area (Å²) in [5, 5.41) is 26.2. The van der Waals surface area contributed by atoms with Crippen molar-refractivity contribution in [2.45, 2.75) is 32.3 Å². The number of aliphatic hydroxyl groups is 1. The molecule has 8 heteroatoms. The van der Waals surface area contributed by atoms with Crippen molar-refractivity contribution in [3.8, 4) is 0 Å². The van der Waals surface area contributed by atoms with Crippen molar-refractivity contribution >= 4 is 17.5 Å². The molecule has 8 nitrogen and oxygen atoms in total. The van der Waals surface area contributed by atoms with E-state index in [1.807, 2.05) is 6.92 Å². The number of rotatable bonds is 7. The summed E-state index contributed by atoms with van der Waals surface area (Å²) >= 11 is 0. The highest BCUT2D eigenvalue weighted by atomic mass is 16.6. The highest BCUT2D eigenvalue weighted by Gasteiger charge is 2.27. The summed E-state index contributed by atoms with van der Waals surface area (Å²) in [7, 11) is 0. The van der Waals surface area contributed by atoms with Gasteiger partial charge < -0.3 is 15.7 Å². The van der Waals surface area contributed by atoms with Crippen LogP contribution in [0.5, 0.6) is 0 Å². The monoisotopic (exact) mass is 281 g/mol. The van der Waals surface area contributed by atoms with E-state index in [1.54, 1.807) is 0 Å². The summed E-state index contributed by atoms with van der Waals surface area (Å²) in [6, 6.07) is 0. The lowest BCUT2D eigenvalue weighted by Crippen LogP contribution is -2.33.